The van der Waals surface area contributed by atoms with Crippen LogP contribution in [-0.2, 0) is 5.41 Å². The van der Waals surface area contributed by atoms with Gasteiger partial charge in [0.2, 0.25) is 0 Å². The highest BCUT2D eigenvalue weighted by molar-refractivity contribution is 5.54. The molecule has 18 heavy (non-hydrogen) atoms. The van der Waals surface area contributed by atoms with E-state index < -0.39 is 0 Å². The summed E-state index contributed by atoms with van der Waals surface area (Å²) in [5, 5.41) is 2.34. The lowest BCUT2D eigenvalue weighted by Crippen LogP contribution is -2.28. The zero-order valence-corrected chi connectivity index (χ0v) is 10.2. The Morgan fingerprint density at radius 1 is 1.06 bits per heavy atom. The molecule has 1 aliphatic carbocycles. The van der Waals surface area contributed by atoms with Gasteiger partial charge in [0.05, 0.1) is 5.69 Å². The molecule has 3 rings (SSSR count). The normalized spacial score (nSPS) is 21.4. The summed E-state index contributed by atoms with van der Waals surface area (Å²) in [6.45, 7) is 2.18. The van der Waals surface area contributed by atoms with Crippen molar-refractivity contribution in [3.8, 4) is 0 Å². The fraction of sp³-hybridized carbons (Fsp3) is 0.125. The fourth-order valence-electron chi connectivity index (χ4n) is 2.25. The smallest absolute Gasteiger partial charge is 0.0538 e. The summed E-state index contributed by atoms with van der Waals surface area (Å²) in [6.07, 6.45) is 14.1. The second kappa shape index (κ2) is 4.22. The van der Waals surface area contributed by atoms with E-state index in [2.05, 4.69) is 47.3 Å². The van der Waals surface area contributed by atoms with E-state index in [0.29, 0.717) is 0 Å². The molecular weight excluding hydrogens is 220 g/mol. The molecule has 0 fully saturated rings. The number of hydrogen-bond donors (Lipinski definition) is 0. The number of allylic oxidation sites excluding steroid dienone is 2. The fourth-order valence-corrected chi connectivity index (χ4v) is 2.25. The molecule has 0 N–H and O–H groups in total. The number of fused-ring (bicyclic) bond motifs is 1. The van der Waals surface area contributed by atoms with E-state index in [1.54, 1.807) is 0 Å². The van der Waals surface area contributed by atoms with Gasteiger partial charge in [-0.1, -0.05) is 30.4 Å². The Morgan fingerprint density at radius 3 is 2.83 bits per heavy atom. The van der Waals surface area contributed by atoms with Crippen LogP contribution in [0.3, 0.4) is 0 Å². The summed E-state index contributed by atoms with van der Waals surface area (Å²) < 4.78 is 0. The number of nitrogens with zero attached hydrogens (tertiary/aromatic N) is 2. The maximum absolute atomic E-state index is 4.48. The minimum Gasteiger partial charge on any atom is -0.264 e. The average molecular weight is 234 g/mol. The highest BCUT2D eigenvalue weighted by Gasteiger charge is 2.22. The summed E-state index contributed by atoms with van der Waals surface area (Å²) in [4.78, 5) is 8.64. The summed E-state index contributed by atoms with van der Waals surface area (Å²) in [5.41, 5.74) is 0.879. The Kier molecular flexibility index (Phi) is 2.56. The highest BCUT2D eigenvalue weighted by atomic mass is 14.7. The second-order valence-corrected chi connectivity index (χ2v) is 4.67. The minimum atomic E-state index is -0.176. The quantitative estimate of drug-likeness (QED) is 0.748. The van der Waals surface area contributed by atoms with Crippen molar-refractivity contribution >= 4 is 12.2 Å². The van der Waals surface area contributed by atoms with Gasteiger partial charge in [0, 0.05) is 24.0 Å². The Hall–Kier alpha value is -2.22. The summed E-state index contributed by atoms with van der Waals surface area (Å²) in [6, 6.07) is 8.07. The Morgan fingerprint density at radius 2 is 2.00 bits per heavy atom. The first-order valence-electron chi connectivity index (χ1n) is 6.02. The first-order valence-corrected chi connectivity index (χ1v) is 6.02. The second-order valence-electron chi connectivity index (χ2n) is 4.67. The molecule has 0 aliphatic heterocycles. The van der Waals surface area contributed by atoms with Crippen LogP contribution in [0.25, 0.3) is 12.2 Å². The maximum Gasteiger partial charge on any atom is 0.0538 e. The maximum atomic E-state index is 4.48. The minimum absolute atomic E-state index is 0.176. The van der Waals surface area contributed by atoms with E-state index in [1.807, 2.05) is 36.8 Å². The monoisotopic (exact) mass is 234 g/mol. The van der Waals surface area contributed by atoms with Crippen LogP contribution >= 0.6 is 0 Å². The molecule has 0 aromatic carbocycles. The van der Waals surface area contributed by atoms with Crippen LogP contribution in [-0.4, -0.2) is 9.97 Å². The van der Waals surface area contributed by atoms with Crippen LogP contribution < -0.4 is 10.4 Å². The van der Waals surface area contributed by atoms with E-state index >= 15 is 0 Å². The molecule has 88 valence electrons. The molecule has 1 unspecified atom stereocenters. The average Bonchev–Trinajstić information content (AvgIpc) is 2.59. The summed E-state index contributed by atoms with van der Waals surface area (Å²) in [5.74, 6) is 0. The lowest BCUT2D eigenvalue weighted by atomic mass is 9.85. The molecule has 0 saturated carbocycles. The highest BCUT2D eigenvalue weighted by Crippen LogP contribution is 2.25. The third-order valence-corrected chi connectivity index (χ3v) is 3.28. The molecule has 2 heteroatoms. The molecule has 0 radical (unpaired) electrons. The van der Waals surface area contributed by atoms with Crippen LogP contribution in [0.1, 0.15) is 12.6 Å². The molecular formula is C16H14N2. The Bertz CT molecular complexity index is 701. The molecule has 1 aliphatic rings. The molecule has 2 nitrogen and oxygen atoms in total. The van der Waals surface area contributed by atoms with E-state index in [0.717, 1.165) is 10.9 Å². The standard InChI is InChI=1S/C16H14N2/c1-16(15-6-2-3-9-18-15)8-4-5-14-12-17-10-7-13(14)11-16/h2-12H,1H3. The van der Waals surface area contributed by atoms with Crippen LogP contribution in [0.5, 0.6) is 0 Å². The summed E-state index contributed by atoms with van der Waals surface area (Å²) in [7, 11) is 0. The van der Waals surface area contributed by atoms with Gasteiger partial charge in [-0.25, -0.2) is 0 Å². The zero-order valence-electron chi connectivity index (χ0n) is 10.2. The van der Waals surface area contributed by atoms with Crippen LogP contribution in [0.15, 0.2) is 55.0 Å². The van der Waals surface area contributed by atoms with Crippen molar-refractivity contribution in [3.05, 3.63) is 71.1 Å². The lowest BCUT2D eigenvalue weighted by Gasteiger charge is -2.20. The van der Waals surface area contributed by atoms with Gasteiger partial charge < -0.3 is 0 Å². The van der Waals surface area contributed by atoms with Crippen LogP contribution in [0.2, 0.25) is 0 Å². The van der Waals surface area contributed by atoms with Gasteiger partial charge in [0.1, 0.15) is 0 Å². The van der Waals surface area contributed by atoms with Crippen LogP contribution in [0.4, 0.5) is 0 Å². The molecule has 2 heterocycles. The zero-order chi connectivity index (χ0) is 12.4. The van der Waals surface area contributed by atoms with Crippen molar-refractivity contribution in [2.24, 2.45) is 0 Å². The van der Waals surface area contributed by atoms with E-state index in [9.17, 15) is 0 Å². The molecule has 1 atom stereocenters. The van der Waals surface area contributed by atoms with Gasteiger partial charge in [0.15, 0.2) is 0 Å². The molecule has 2 aromatic heterocycles. The Balaban J connectivity index is 2.24. The van der Waals surface area contributed by atoms with Gasteiger partial charge >= 0.3 is 0 Å². The van der Waals surface area contributed by atoms with E-state index in [1.165, 1.54) is 5.22 Å². The molecule has 2 aromatic rings. The number of rotatable bonds is 1. The SMILES string of the molecule is CC1(c2ccccn2)C=CC=c2cnccc2=C1. The topological polar surface area (TPSA) is 25.8 Å². The Labute approximate surface area is 106 Å². The number of aromatic nitrogens is 2. The van der Waals surface area contributed by atoms with Gasteiger partial charge in [0.25, 0.3) is 0 Å². The number of hydrogen-bond acceptors (Lipinski definition) is 2. The van der Waals surface area contributed by atoms with E-state index in [-0.39, 0.29) is 5.41 Å². The number of pyridine rings is 2. The molecule has 0 amide bonds. The third kappa shape index (κ3) is 1.86. The first kappa shape index (κ1) is 10.9. The van der Waals surface area contributed by atoms with Crippen LogP contribution in [0, 0.1) is 0 Å². The van der Waals surface area contributed by atoms with Gasteiger partial charge in [-0.15, -0.1) is 0 Å². The molecule has 0 spiro atoms. The molecule has 0 bridgehead atoms. The predicted octanol–water partition coefficient (Wildman–Crippen LogP) is 1.57. The lowest BCUT2D eigenvalue weighted by molar-refractivity contribution is 0.765. The summed E-state index contributed by atoms with van der Waals surface area (Å²) >= 11 is 0. The first-order chi connectivity index (χ1) is 8.78. The third-order valence-electron chi connectivity index (χ3n) is 3.28. The van der Waals surface area contributed by atoms with E-state index in [4.69, 9.17) is 0 Å². The van der Waals surface area contributed by atoms with Crippen molar-refractivity contribution in [1.82, 2.24) is 9.97 Å². The van der Waals surface area contributed by atoms with Crippen molar-refractivity contribution in [1.29, 1.82) is 0 Å². The van der Waals surface area contributed by atoms with Crippen molar-refractivity contribution in [3.63, 3.8) is 0 Å². The van der Waals surface area contributed by atoms with Crippen molar-refractivity contribution in [2.75, 3.05) is 0 Å². The molecule has 0 saturated heterocycles. The van der Waals surface area contributed by atoms with Crippen molar-refractivity contribution in [2.45, 2.75) is 12.3 Å². The largest absolute Gasteiger partial charge is 0.264 e. The van der Waals surface area contributed by atoms with Gasteiger partial charge in [-0.05, 0) is 35.6 Å². The van der Waals surface area contributed by atoms with Gasteiger partial charge in [-0.2, -0.15) is 0 Å². The van der Waals surface area contributed by atoms with Gasteiger partial charge in [-0.3, -0.25) is 9.97 Å². The van der Waals surface area contributed by atoms with Crippen molar-refractivity contribution < 1.29 is 0 Å². The predicted molar refractivity (Wildman–Crippen MR) is 73.1 cm³/mol.